The summed E-state index contributed by atoms with van der Waals surface area (Å²) in [6, 6.07) is 2.26. The lowest BCUT2D eigenvalue weighted by Crippen LogP contribution is -1.85. The zero-order valence-electron chi connectivity index (χ0n) is 4.95. The smallest absolute Gasteiger partial charge is 0.168 e. The maximum atomic E-state index is 12.2. The highest BCUT2D eigenvalue weighted by Gasteiger charge is 1.91. The van der Waals surface area contributed by atoms with E-state index in [0.717, 1.165) is 6.07 Å². The van der Waals surface area contributed by atoms with Crippen LogP contribution in [0.4, 0.5) is 4.39 Å². The van der Waals surface area contributed by atoms with Crippen molar-refractivity contribution >= 4 is 18.7 Å². The van der Waals surface area contributed by atoms with Crippen LogP contribution in [-0.4, -0.2) is 11.3 Å². The molecule has 0 aliphatic rings. The maximum absolute atomic E-state index is 12.2. The summed E-state index contributed by atoms with van der Waals surface area (Å²) < 4.78 is 12.2. The molecule has 0 aliphatic heterocycles. The van der Waals surface area contributed by atoms with Gasteiger partial charge in [-0.15, -0.1) is 12.4 Å². The second-order valence-electron chi connectivity index (χ2n) is 1.52. The van der Waals surface area contributed by atoms with Gasteiger partial charge in [-0.2, -0.15) is 0 Å². The Morgan fingerprint density at radius 1 is 1.60 bits per heavy atom. The minimum atomic E-state index is -0.438. The summed E-state index contributed by atoms with van der Waals surface area (Å²) in [7, 11) is 0. The molecule has 0 N–H and O–H groups in total. The lowest BCUT2D eigenvalue weighted by molar-refractivity contribution is 0.111. The number of aldehydes is 1. The van der Waals surface area contributed by atoms with Crippen LogP contribution in [0.1, 0.15) is 10.5 Å². The van der Waals surface area contributed by atoms with Gasteiger partial charge in [0.25, 0.3) is 0 Å². The van der Waals surface area contributed by atoms with Crippen LogP contribution < -0.4 is 0 Å². The van der Waals surface area contributed by atoms with E-state index in [0.29, 0.717) is 6.29 Å². The Bertz CT molecular complexity index is 229. The third kappa shape index (κ3) is 2.11. The number of pyridine rings is 1. The molecule has 0 unspecified atom stereocenters. The van der Waals surface area contributed by atoms with Gasteiger partial charge >= 0.3 is 0 Å². The molecule has 1 aromatic rings. The first-order valence-corrected chi connectivity index (χ1v) is 2.39. The number of hydrogen-bond acceptors (Lipinski definition) is 2. The number of carbonyl (C=O) groups is 1. The fraction of sp³-hybridized carbons (Fsp3) is 0. The molecule has 1 rings (SSSR count). The molecule has 0 amide bonds. The summed E-state index contributed by atoms with van der Waals surface area (Å²) in [6.07, 6.45) is 1.75. The van der Waals surface area contributed by atoms with E-state index >= 15 is 0 Å². The first-order chi connectivity index (χ1) is 4.33. The quantitative estimate of drug-likeness (QED) is 0.584. The number of rotatable bonds is 1. The molecule has 0 bridgehead atoms. The Morgan fingerprint density at radius 3 is 2.70 bits per heavy atom. The molecule has 0 aromatic carbocycles. The molecular formula is C6H5ClFNO. The average molecular weight is 162 g/mol. The second kappa shape index (κ2) is 3.95. The number of nitrogens with zero attached hydrogens (tertiary/aromatic N) is 1. The van der Waals surface area contributed by atoms with Gasteiger partial charge in [-0.3, -0.25) is 9.78 Å². The molecule has 0 spiro atoms. The lowest BCUT2D eigenvalue weighted by Gasteiger charge is -1.86. The molecule has 10 heavy (non-hydrogen) atoms. The minimum absolute atomic E-state index is 0. The number of carbonyl (C=O) groups excluding carboxylic acids is 1. The number of aromatic nitrogens is 1. The first-order valence-electron chi connectivity index (χ1n) is 2.39. The largest absolute Gasteiger partial charge is 0.296 e. The molecule has 0 fully saturated rings. The molecule has 1 heterocycles. The fourth-order valence-electron chi connectivity index (χ4n) is 0.486. The van der Waals surface area contributed by atoms with Crippen molar-refractivity contribution in [3.05, 3.63) is 29.8 Å². The van der Waals surface area contributed by atoms with Crippen molar-refractivity contribution in [2.45, 2.75) is 0 Å². The van der Waals surface area contributed by atoms with Crippen molar-refractivity contribution in [1.29, 1.82) is 0 Å². The van der Waals surface area contributed by atoms with Gasteiger partial charge in [0.2, 0.25) is 0 Å². The van der Waals surface area contributed by atoms with Crippen LogP contribution >= 0.6 is 12.4 Å². The predicted molar refractivity (Wildman–Crippen MR) is 36.8 cm³/mol. The summed E-state index contributed by atoms with van der Waals surface area (Å²) in [5, 5.41) is 0. The highest BCUT2D eigenvalue weighted by Crippen LogP contribution is 1.95. The molecule has 4 heteroatoms. The van der Waals surface area contributed by atoms with Gasteiger partial charge in [0.05, 0.1) is 0 Å². The van der Waals surface area contributed by atoms with E-state index in [4.69, 9.17) is 0 Å². The zero-order chi connectivity index (χ0) is 6.69. The van der Waals surface area contributed by atoms with Crippen LogP contribution in [0.5, 0.6) is 0 Å². The Labute approximate surface area is 63.5 Å². The highest BCUT2D eigenvalue weighted by molar-refractivity contribution is 5.85. The molecule has 1 aromatic heterocycles. The topological polar surface area (TPSA) is 30.0 Å². The monoisotopic (exact) mass is 161 g/mol. The van der Waals surface area contributed by atoms with Gasteiger partial charge in [-0.05, 0) is 6.07 Å². The molecule has 2 nitrogen and oxygen atoms in total. The maximum Gasteiger partial charge on any atom is 0.168 e. The van der Waals surface area contributed by atoms with E-state index in [9.17, 15) is 9.18 Å². The average Bonchev–Trinajstić information content (AvgIpc) is 1.88. The molecule has 0 saturated carbocycles. The van der Waals surface area contributed by atoms with Crippen LogP contribution in [0.15, 0.2) is 18.3 Å². The third-order valence-corrected chi connectivity index (χ3v) is 0.864. The van der Waals surface area contributed by atoms with E-state index in [-0.39, 0.29) is 18.1 Å². The summed E-state index contributed by atoms with van der Waals surface area (Å²) in [5.74, 6) is -0.438. The molecule has 54 valence electrons. The summed E-state index contributed by atoms with van der Waals surface area (Å²) in [4.78, 5) is 13.5. The lowest BCUT2D eigenvalue weighted by atomic mass is 10.4. The third-order valence-electron chi connectivity index (χ3n) is 0.864. The minimum Gasteiger partial charge on any atom is -0.296 e. The number of halogens is 2. The van der Waals surface area contributed by atoms with Crippen LogP contribution in [0.25, 0.3) is 0 Å². The van der Waals surface area contributed by atoms with Gasteiger partial charge in [-0.25, -0.2) is 4.39 Å². The van der Waals surface area contributed by atoms with Gasteiger partial charge in [0.15, 0.2) is 6.29 Å². The highest BCUT2D eigenvalue weighted by atomic mass is 35.5. The Kier molecular flexibility index (Phi) is 3.57. The molecular weight excluding hydrogens is 157 g/mol. The van der Waals surface area contributed by atoms with E-state index in [2.05, 4.69) is 4.98 Å². The van der Waals surface area contributed by atoms with Crippen molar-refractivity contribution in [3.63, 3.8) is 0 Å². The van der Waals surface area contributed by atoms with Crippen LogP contribution in [0, 0.1) is 5.82 Å². The molecule has 0 saturated heterocycles. The first kappa shape index (κ1) is 9.04. The number of hydrogen-bond donors (Lipinski definition) is 0. The molecule has 0 atom stereocenters. The van der Waals surface area contributed by atoms with Crippen molar-refractivity contribution in [2.75, 3.05) is 0 Å². The van der Waals surface area contributed by atoms with Gasteiger partial charge < -0.3 is 0 Å². The van der Waals surface area contributed by atoms with Gasteiger partial charge in [0, 0.05) is 12.3 Å². The van der Waals surface area contributed by atoms with E-state index < -0.39 is 5.82 Å². The van der Waals surface area contributed by atoms with Gasteiger partial charge in [0.1, 0.15) is 11.5 Å². The van der Waals surface area contributed by atoms with Crippen molar-refractivity contribution in [3.8, 4) is 0 Å². The molecule has 0 aliphatic carbocycles. The summed E-state index contributed by atoms with van der Waals surface area (Å²) in [5.41, 5.74) is 0.120. The van der Waals surface area contributed by atoms with E-state index in [1.54, 1.807) is 0 Å². The van der Waals surface area contributed by atoms with Crippen molar-refractivity contribution in [2.24, 2.45) is 0 Å². The zero-order valence-corrected chi connectivity index (χ0v) is 5.77. The normalized spacial score (nSPS) is 8.10. The van der Waals surface area contributed by atoms with Crippen molar-refractivity contribution in [1.82, 2.24) is 4.98 Å². The molecule has 0 radical (unpaired) electrons. The van der Waals surface area contributed by atoms with Crippen LogP contribution in [0.2, 0.25) is 0 Å². The Hall–Kier alpha value is -0.960. The Morgan fingerprint density at radius 2 is 2.30 bits per heavy atom. The SMILES string of the molecule is Cl.O=Cc1cc(F)ccn1. The Balaban J connectivity index is 0.000000810. The van der Waals surface area contributed by atoms with Gasteiger partial charge in [-0.1, -0.05) is 0 Å². The second-order valence-corrected chi connectivity index (χ2v) is 1.52. The summed E-state index contributed by atoms with van der Waals surface area (Å²) >= 11 is 0. The van der Waals surface area contributed by atoms with E-state index in [1.807, 2.05) is 0 Å². The van der Waals surface area contributed by atoms with E-state index in [1.165, 1.54) is 12.3 Å². The standard InChI is InChI=1S/C6H4FNO.ClH/c7-5-1-2-8-6(3-5)4-9;/h1-4H;1H. The van der Waals surface area contributed by atoms with Crippen LogP contribution in [-0.2, 0) is 0 Å². The fourth-order valence-corrected chi connectivity index (χ4v) is 0.486. The summed E-state index contributed by atoms with van der Waals surface area (Å²) in [6.45, 7) is 0. The van der Waals surface area contributed by atoms with Crippen LogP contribution in [0.3, 0.4) is 0 Å². The predicted octanol–water partition coefficient (Wildman–Crippen LogP) is 1.45. The van der Waals surface area contributed by atoms with Crippen molar-refractivity contribution < 1.29 is 9.18 Å².